The Kier molecular flexibility index (Phi) is 38.7. The summed E-state index contributed by atoms with van der Waals surface area (Å²) in [6.07, 6.45) is 16.0. The van der Waals surface area contributed by atoms with E-state index in [1.165, 1.54) is 0 Å². The van der Waals surface area contributed by atoms with Crippen LogP contribution in [-0.2, 0) is 70.7 Å². The van der Waals surface area contributed by atoms with Crippen molar-refractivity contribution in [1.29, 1.82) is 5.41 Å². The Labute approximate surface area is 716 Å². The molecule has 121 heavy (non-hydrogen) atoms. The number of amidine groups is 1. The number of aromatic nitrogens is 8. The summed E-state index contributed by atoms with van der Waals surface area (Å²) in [4.78, 5) is 158. The van der Waals surface area contributed by atoms with E-state index in [9.17, 15) is 43.2 Å². The van der Waals surface area contributed by atoms with Gasteiger partial charge < -0.3 is 70.5 Å². The van der Waals surface area contributed by atoms with Gasteiger partial charge in [0.15, 0.2) is 0 Å². The molecule has 0 bridgehead atoms. The molecule has 1 radical (unpaired) electrons. The van der Waals surface area contributed by atoms with E-state index < -0.39 is 83.5 Å². The summed E-state index contributed by atoms with van der Waals surface area (Å²) in [6.45, 7) is 5.27. The van der Waals surface area contributed by atoms with Crippen LogP contribution >= 0.6 is 0 Å². The van der Waals surface area contributed by atoms with E-state index >= 15 is 0 Å². The monoisotopic (exact) mass is 1730 g/mol. The number of nitrogens with two attached hydrogens (primary N) is 4. The van der Waals surface area contributed by atoms with Gasteiger partial charge in [-0.3, -0.25) is 78.5 Å². The van der Waals surface area contributed by atoms with Crippen LogP contribution in [0.15, 0.2) is 219 Å². The van der Waals surface area contributed by atoms with Gasteiger partial charge in [0.2, 0.25) is 47.3 Å². The number of pyridine rings is 6. The van der Waals surface area contributed by atoms with E-state index in [0.29, 0.717) is 106 Å². The second-order valence-electron chi connectivity index (χ2n) is 29.0. The van der Waals surface area contributed by atoms with Gasteiger partial charge in [-0.2, -0.15) is 0 Å². The second kappa shape index (κ2) is 50.1. The molecule has 30 nitrogen and oxygen atoms in total. The minimum atomic E-state index is -1.33. The number of carbonyl (C=O) groups excluding carboxylic acids is 9. The molecule has 11 rings (SSSR count). The molecule has 633 valence electrons. The predicted octanol–water partition coefficient (Wildman–Crippen LogP) is 8.47. The van der Waals surface area contributed by atoms with Crippen molar-refractivity contribution in [2.45, 2.75) is 153 Å². The summed E-state index contributed by atoms with van der Waals surface area (Å²) in [5.74, 6) is -5.74. The van der Waals surface area contributed by atoms with E-state index in [1.54, 1.807) is 124 Å². The fourth-order valence-electron chi connectivity index (χ4n) is 13.1. The number of hydrogen-bond donors (Lipinski definition) is 14. The maximum atomic E-state index is 14.5. The number of H-pyrrole nitrogens is 1. The molecule has 0 fully saturated rings. The first-order valence-corrected chi connectivity index (χ1v) is 40.4. The average Bonchev–Trinajstić information content (AvgIpc) is 0.982. The van der Waals surface area contributed by atoms with Crippen LogP contribution in [0.5, 0.6) is 0 Å². The molecule has 7 heterocycles. The first kappa shape index (κ1) is 93.5. The average molecular weight is 1730 g/mol. The third-order valence-corrected chi connectivity index (χ3v) is 19.5. The van der Waals surface area contributed by atoms with Gasteiger partial charge >= 0.3 is 0 Å². The SMILES string of the molecule is CC(C)C(NC(=O)C(CCCCN)NC(=O)CCCCCNC(=O)c1ccc(-c2nc3c4cccnc4c4ncccc4c3[nH]2)cc1)C(=O)N[CH]C(=O)NC(Cc1ccccc1)C(=O)NC(Cc1ccccc1)C(=O)NC(CCCCN)C(=O)NC(CCCCC(=N)N)C(N)=O.[Ru].c1ccc(-c2ccccn2)nc1.c1ccc(-c2ccccn2)nc1. The number of nitrogens with one attached hydrogen (secondary N) is 10. The van der Waals surface area contributed by atoms with Gasteiger partial charge in [-0.25, -0.2) is 4.98 Å². The van der Waals surface area contributed by atoms with Crippen molar-refractivity contribution in [2.75, 3.05) is 19.6 Å². The molecule has 0 saturated carbocycles. The van der Waals surface area contributed by atoms with E-state index in [2.05, 4.69) is 77.4 Å². The van der Waals surface area contributed by atoms with Crippen molar-refractivity contribution in [3.8, 4) is 34.2 Å². The Morgan fingerprint density at radius 2 is 0.876 bits per heavy atom. The fourth-order valence-corrected chi connectivity index (χ4v) is 13.1. The number of unbranched alkanes of at least 4 members (excludes halogenated alkanes) is 5. The Bertz CT molecular complexity index is 4900. The number of primary amides is 1. The zero-order valence-electron chi connectivity index (χ0n) is 67.8. The fraction of sp³-hybridized carbons (Fsp3) is 0.311. The molecule has 11 aromatic rings. The summed E-state index contributed by atoms with van der Waals surface area (Å²) < 4.78 is 0. The third kappa shape index (κ3) is 30.1. The molecule has 18 N–H and O–H groups in total. The molecular weight excluding hydrogens is 1620 g/mol. The summed E-state index contributed by atoms with van der Waals surface area (Å²) in [5, 5.41) is 31.1. The van der Waals surface area contributed by atoms with Crippen molar-refractivity contribution in [2.24, 2.45) is 28.9 Å². The summed E-state index contributed by atoms with van der Waals surface area (Å²) in [6, 6.07) is 48.6. The van der Waals surface area contributed by atoms with Gasteiger partial charge in [-0.15, -0.1) is 0 Å². The van der Waals surface area contributed by atoms with Crippen LogP contribution in [0, 0.1) is 17.9 Å². The van der Waals surface area contributed by atoms with Crippen LogP contribution in [-0.4, -0.2) is 155 Å². The molecule has 7 aromatic heterocycles. The van der Waals surface area contributed by atoms with Gasteiger partial charge in [-0.05, 0) is 179 Å². The molecule has 31 heteroatoms. The number of amides is 9. The van der Waals surface area contributed by atoms with Crippen LogP contribution in [0.4, 0.5) is 0 Å². The number of imidazole rings is 1. The number of benzene rings is 4. The Hall–Kier alpha value is -13.0. The quantitative estimate of drug-likeness (QED) is 0.00560. The van der Waals surface area contributed by atoms with Gasteiger partial charge in [0.05, 0.1) is 50.7 Å². The standard InChI is InChI=1S/C70H90N17O9.2C10H8N2.Ru/c1-43(2)58(87-67(93)51(27-13-15-35-71)80-56(88)30-10-5-17-37-78-65(91)47-33-31-46(32-34-47)64-85-61-48-24-18-38-76-59(48)60-49(62(61)86-64)25-19-39-77-60)70(96)79-42-57(89)81-53(40-44-20-6-3-7-21-44)68(94)84-54(41-45-22-8-4-9-23-45)69(95)83-52(28-14-16-36-72)66(92)82-50(63(75)90)26-11-12-29-55(73)74;2*1-3-7-11-9(5-1)10-6-2-4-8-12-10;/h3-4,6-9,18-25,31-34,38-39,42-43,50-54,58H,5,10-17,26-30,35-37,40-41,71-72H2,1-2H3,(H3,73,74)(H2,75,90)(H,78,91)(H,79,96)(H,80,88)(H,81,89)(H,82,92)(H,83,95)(H,84,94)(H,85,86)(H,87,93);2*1-8H;. The van der Waals surface area contributed by atoms with Crippen LogP contribution < -0.4 is 65.5 Å². The predicted molar refractivity (Wildman–Crippen MR) is 462 cm³/mol. The molecule has 0 aliphatic carbocycles. The van der Waals surface area contributed by atoms with Crippen molar-refractivity contribution in [1.82, 2.24) is 82.4 Å². The molecule has 4 aromatic carbocycles. The zero-order chi connectivity index (χ0) is 85.4. The summed E-state index contributed by atoms with van der Waals surface area (Å²) in [7, 11) is 0. The maximum Gasteiger partial charge on any atom is 0.251 e. The van der Waals surface area contributed by atoms with Gasteiger partial charge in [0, 0.05) is 111 Å². The molecule has 9 amide bonds. The molecule has 0 spiro atoms. The van der Waals surface area contributed by atoms with Crippen LogP contribution in [0.1, 0.15) is 125 Å². The van der Waals surface area contributed by atoms with Gasteiger partial charge in [0.25, 0.3) is 5.91 Å². The number of nitrogens with zero attached hydrogens (tertiary/aromatic N) is 7. The van der Waals surface area contributed by atoms with Crippen LogP contribution in [0.3, 0.4) is 0 Å². The minimum absolute atomic E-state index is 0. The molecule has 6 unspecified atom stereocenters. The Morgan fingerprint density at radius 3 is 1.38 bits per heavy atom. The van der Waals surface area contributed by atoms with Gasteiger partial charge in [0.1, 0.15) is 48.6 Å². The molecule has 0 aliphatic rings. The largest absolute Gasteiger partial charge is 0.388 e. The number of aromatic amines is 1. The first-order valence-electron chi connectivity index (χ1n) is 40.4. The number of fused-ring (bicyclic) bond motifs is 6. The summed E-state index contributed by atoms with van der Waals surface area (Å²) >= 11 is 0. The molecule has 0 aliphatic heterocycles. The van der Waals surface area contributed by atoms with Crippen molar-refractivity contribution in [3.63, 3.8) is 0 Å². The van der Waals surface area contributed by atoms with Crippen molar-refractivity contribution >= 4 is 91.8 Å². The van der Waals surface area contributed by atoms with E-state index in [1.807, 2.05) is 109 Å². The first-order chi connectivity index (χ1) is 58.3. The van der Waals surface area contributed by atoms with Crippen molar-refractivity contribution < 1.29 is 62.6 Å². The zero-order valence-corrected chi connectivity index (χ0v) is 69.5. The van der Waals surface area contributed by atoms with E-state index in [4.69, 9.17) is 33.3 Å². The number of rotatable bonds is 42. The third-order valence-electron chi connectivity index (χ3n) is 19.5. The molecule has 0 saturated heterocycles. The normalized spacial score (nSPS) is 12.3. The molecule has 6 atom stereocenters. The number of carbonyl (C=O) groups is 9. The molecular formula is C90H106N21O9Ru. The summed E-state index contributed by atoms with van der Waals surface area (Å²) in [5.41, 5.74) is 32.1. The second-order valence-corrected chi connectivity index (χ2v) is 29.0. The Balaban J connectivity index is 0.000000614. The van der Waals surface area contributed by atoms with E-state index in [-0.39, 0.29) is 75.7 Å². The van der Waals surface area contributed by atoms with E-state index in [0.717, 1.165) is 67.7 Å². The van der Waals surface area contributed by atoms with Gasteiger partial charge in [-0.1, -0.05) is 124 Å². The number of hydrogen-bond acceptors (Lipinski definition) is 19. The topological polar surface area (TPSA) is 484 Å². The van der Waals surface area contributed by atoms with Crippen molar-refractivity contribution in [3.05, 3.63) is 242 Å². The smallest absolute Gasteiger partial charge is 0.251 e. The van der Waals surface area contributed by atoms with Crippen LogP contribution in [0.2, 0.25) is 0 Å². The van der Waals surface area contributed by atoms with Crippen LogP contribution in [0.25, 0.3) is 67.0 Å². The maximum absolute atomic E-state index is 14.5. The minimum Gasteiger partial charge on any atom is -0.388 e. The Morgan fingerprint density at radius 1 is 0.430 bits per heavy atom.